The predicted octanol–water partition coefficient (Wildman–Crippen LogP) is 3.58. The smallest absolute Gasteiger partial charge is 0.227 e. The van der Waals surface area contributed by atoms with Crippen LogP contribution < -0.4 is 0 Å². The molecule has 1 saturated heterocycles. The quantitative estimate of drug-likeness (QED) is 0.797. The van der Waals surface area contributed by atoms with Crippen molar-refractivity contribution in [3.8, 4) is 6.07 Å². The van der Waals surface area contributed by atoms with E-state index in [0.717, 1.165) is 31.4 Å². The summed E-state index contributed by atoms with van der Waals surface area (Å²) in [6.07, 6.45) is 2.37. The number of nitrogens with zero attached hydrogens (tertiary/aromatic N) is 3. The Kier molecular flexibility index (Phi) is 7.01. The van der Waals surface area contributed by atoms with Gasteiger partial charge >= 0.3 is 0 Å². The molecule has 1 aliphatic rings. The molecule has 0 saturated carbocycles. The summed E-state index contributed by atoms with van der Waals surface area (Å²) in [6, 6.07) is 9.53. The van der Waals surface area contributed by atoms with E-state index in [1.165, 1.54) is 0 Å². The maximum absolute atomic E-state index is 13.1. The summed E-state index contributed by atoms with van der Waals surface area (Å²) < 4.78 is 0. The lowest BCUT2D eigenvalue weighted by Gasteiger charge is -2.37. The van der Waals surface area contributed by atoms with Crippen LogP contribution in [-0.4, -0.2) is 41.2 Å². The monoisotopic (exact) mass is 369 g/mol. The lowest BCUT2D eigenvalue weighted by molar-refractivity contribution is -0.145. The summed E-state index contributed by atoms with van der Waals surface area (Å²) in [5.74, 6) is 0.333. The van der Waals surface area contributed by atoms with Crippen LogP contribution in [0, 0.1) is 22.7 Å². The van der Waals surface area contributed by atoms with Crippen molar-refractivity contribution in [3.63, 3.8) is 0 Å². The van der Waals surface area contributed by atoms with Gasteiger partial charge in [-0.1, -0.05) is 39.8 Å². The Morgan fingerprint density at radius 3 is 2.26 bits per heavy atom. The zero-order valence-electron chi connectivity index (χ0n) is 17.0. The second-order valence-corrected chi connectivity index (χ2v) is 8.38. The number of amides is 2. The van der Waals surface area contributed by atoms with Gasteiger partial charge in [0.25, 0.3) is 0 Å². The minimum Gasteiger partial charge on any atom is -0.342 e. The molecule has 1 aliphatic heterocycles. The summed E-state index contributed by atoms with van der Waals surface area (Å²) in [5, 5.41) is 8.92. The van der Waals surface area contributed by atoms with Gasteiger partial charge in [0.05, 0.1) is 11.6 Å². The van der Waals surface area contributed by atoms with E-state index in [1.54, 1.807) is 12.1 Å². The van der Waals surface area contributed by atoms with Crippen LogP contribution in [0.2, 0.25) is 0 Å². The number of likely N-dealkylation sites (tertiary alicyclic amines) is 1. The highest BCUT2D eigenvalue weighted by Gasteiger charge is 2.33. The fraction of sp³-hybridized carbons (Fsp3) is 0.591. The van der Waals surface area contributed by atoms with Gasteiger partial charge in [-0.15, -0.1) is 0 Å². The fourth-order valence-corrected chi connectivity index (χ4v) is 3.50. The molecular weight excluding hydrogens is 338 g/mol. The third-order valence-electron chi connectivity index (χ3n) is 5.03. The Morgan fingerprint density at radius 1 is 1.19 bits per heavy atom. The summed E-state index contributed by atoms with van der Waals surface area (Å²) >= 11 is 0. The number of hydrogen-bond acceptors (Lipinski definition) is 3. The maximum atomic E-state index is 13.1. The Bertz CT molecular complexity index is 690. The van der Waals surface area contributed by atoms with Gasteiger partial charge < -0.3 is 9.80 Å². The predicted molar refractivity (Wildman–Crippen MR) is 106 cm³/mol. The number of benzene rings is 1. The molecule has 0 aliphatic carbocycles. The Balaban J connectivity index is 1.98. The molecule has 2 amide bonds. The molecule has 0 spiro atoms. The Morgan fingerprint density at radius 2 is 1.78 bits per heavy atom. The summed E-state index contributed by atoms with van der Waals surface area (Å²) in [4.78, 5) is 29.3. The fourth-order valence-electron chi connectivity index (χ4n) is 3.50. The average Bonchev–Trinajstić information content (AvgIpc) is 2.66. The van der Waals surface area contributed by atoms with Gasteiger partial charge in [-0.25, -0.2) is 0 Å². The molecule has 0 N–H and O–H groups in total. The van der Waals surface area contributed by atoms with E-state index in [-0.39, 0.29) is 23.1 Å². The van der Waals surface area contributed by atoms with Crippen LogP contribution in [0.3, 0.4) is 0 Å². The molecule has 5 heteroatoms. The van der Waals surface area contributed by atoms with E-state index in [0.29, 0.717) is 25.2 Å². The van der Waals surface area contributed by atoms with Crippen molar-refractivity contribution in [2.45, 2.75) is 53.5 Å². The van der Waals surface area contributed by atoms with Gasteiger partial charge in [-0.2, -0.15) is 5.26 Å². The number of carbonyl (C=O) groups excluding carboxylic acids is 2. The molecule has 0 bridgehead atoms. The average molecular weight is 370 g/mol. The van der Waals surface area contributed by atoms with E-state index in [9.17, 15) is 9.59 Å². The van der Waals surface area contributed by atoms with E-state index in [1.807, 2.05) is 42.7 Å². The minimum atomic E-state index is -0.374. The SMILES string of the molecule is CCCN(Cc1ccc(C#N)cc1)C(=O)C1CCN(C(=O)C(C)(C)C)CC1. The number of hydrogen-bond donors (Lipinski definition) is 0. The molecule has 0 aromatic heterocycles. The molecule has 1 heterocycles. The van der Waals surface area contributed by atoms with Gasteiger partial charge in [0.15, 0.2) is 0 Å². The van der Waals surface area contributed by atoms with Crippen molar-refractivity contribution >= 4 is 11.8 Å². The van der Waals surface area contributed by atoms with Crippen LogP contribution in [0.1, 0.15) is 58.1 Å². The van der Waals surface area contributed by atoms with Crippen LogP contribution in [-0.2, 0) is 16.1 Å². The second kappa shape index (κ2) is 9.03. The van der Waals surface area contributed by atoms with Gasteiger partial charge in [0.1, 0.15) is 0 Å². The number of piperidine rings is 1. The third kappa shape index (κ3) is 5.56. The molecule has 5 nitrogen and oxygen atoms in total. The van der Waals surface area contributed by atoms with Gasteiger partial charge in [-0.05, 0) is 37.0 Å². The van der Waals surface area contributed by atoms with Gasteiger partial charge in [0, 0.05) is 37.5 Å². The van der Waals surface area contributed by atoms with E-state index < -0.39 is 0 Å². The van der Waals surface area contributed by atoms with Gasteiger partial charge in [-0.3, -0.25) is 9.59 Å². The van der Waals surface area contributed by atoms with Crippen molar-refractivity contribution in [3.05, 3.63) is 35.4 Å². The first-order valence-electron chi connectivity index (χ1n) is 9.83. The third-order valence-corrected chi connectivity index (χ3v) is 5.03. The highest BCUT2D eigenvalue weighted by atomic mass is 16.2. The van der Waals surface area contributed by atoms with Crippen molar-refractivity contribution in [1.29, 1.82) is 5.26 Å². The van der Waals surface area contributed by atoms with E-state index >= 15 is 0 Å². The van der Waals surface area contributed by atoms with Crippen LogP contribution in [0.15, 0.2) is 24.3 Å². The molecule has 2 rings (SSSR count). The standard InChI is InChI=1S/C22H31N3O2/c1-5-12-25(16-18-8-6-17(15-23)7-9-18)20(26)19-10-13-24(14-11-19)21(27)22(2,3)4/h6-9,19H,5,10-14,16H2,1-4H3. The summed E-state index contributed by atoms with van der Waals surface area (Å²) in [7, 11) is 0. The molecule has 146 valence electrons. The van der Waals surface area contributed by atoms with E-state index in [4.69, 9.17) is 5.26 Å². The van der Waals surface area contributed by atoms with Crippen LogP contribution >= 0.6 is 0 Å². The molecule has 0 atom stereocenters. The molecule has 1 aromatic carbocycles. The van der Waals surface area contributed by atoms with Crippen molar-refractivity contribution < 1.29 is 9.59 Å². The van der Waals surface area contributed by atoms with Crippen LogP contribution in [0.4, 0.5) is 0 Å². The van der Waals surface area contributed by atoms with Crippen LogP contribution in [0.5, 0.6) is 0 Å². The maximum Gasteiger partial charge on any atom is 0.227 e. The van der Waals surface area contributed by atoms with Crippen molar-refractivity contribution in [2.75, 3.05) is 19.6 Å². The molecule has 27 heavy (non-hydrogen) atoms. The first-order valence-corrected chi connectivity index (χ1v) is 9.83. The topological polar surface area (TPSA) is 64.4 Å². The lowest BCUT2D eigenvalue weighted by atomic mass is 9.90. The Labute approximate surface area is 162 Å². The number of rotatable bonds is 5. The molecular formula is C22H31N3O2. The highest BCUT2D eigenvalue weighted by molar-refractivity contribution is 5.82. The van der Waals surface area contributed by atoms with Crippen molar-refractivity contribution in [1.82, 2.24) is 9.80 Å². The zero-order valence-corrected chi connectivity index (χ0v) is 17.0. The van der Waals surface area contributed by atoms with Gasteiger partial charge in [0.2, 0.25) is 11.8 Å². The number of nitriles is 1. The molecule has 0 radical (unpaired) electrons. The molecule has 1 aromatic rings. The highest BCUT2D eigenvalue weighted by Crippen LogP contribution is 2.25. The van der Waals surface area contributed by atoms with Crippen molar-refractivity contribution in [2.24, 2.45) is 11.3 Å². The minimum absolute atomic E-state index is 0.0149. The first kappa shape index (κ1) is 21.0. The first-order chi connectivity index (χ1) is 12.8. The molecule has 0 unspecified atom stereocenters. The number of carbonyl (C=O) groups is 2. The Hall–Kier alpha value is -2.35. The largest absolute Gasteiger partial charge is 0.342 e. The summed E-state index contributed by atoms with van der Waals surface area (Å²) in [5.41, 5.74) is 1.29. The van der Waals surface area contributed by atoms with Crippen LogP contribution in [0.25, 0.3) is 0 Å². The van der Waals surface area contributed by atoms with E-state index in [2.05, 4.69) is 13.0 Å². The normalized spacial score (nSPS) is 15.3. The zero-order chi connectivity index (χ0) is 20.0. The molecule has 1 fully saturated rings. The second-order valence-electron chi connectivity index (χ2n) is 8.38. The summed E-state index contributed by atoms with van der Waals surface area (Å²) in [6.45, 7) is 10.5. The lowest BCUT2D eigenvalue weighted by Crippen LogP contribution is -2.47.